The molecule has 1 heterocycles. The molecular formula is C11H13N3O3S. The molecule has 0 amide bonds. The summed E-state index contributed by atoms with van der Waals surface area (Å²) < 4.78 is 31.2. The summed E-state index contributed by atoms with van der Waals surface area (Å²) in [4.78, 5) is 0.142. The molecule has 7 heteroatoms. The van der Waals surface area contributed by atoms with Crippen LogP contribution in [0.5, 0.6) is 0 Å². The molecule has 0 unspecified atom stereocenters. The molecule has 0 fully saturated rings. The topological polar surface area (TPSA) is 98.2 Å². The van der Waals surface area contributed by atoms with Gasteiger partial charge < -0.3 is 10.3 Å². The van der Waals surface area contributed by atoms with Gasteiger partial charge in [-0.15, -0.1) is 0 Å². The molecule has 0 radical (unpaired) electrons. The Morgan fingerprint density at radius 3 is 2.67 bits per heavy atom. The van der Waals surface area contributed by atoms with E-state index in [1.807, 2.05) is 0 Å². The Labute approximate surface area is 105 Å². The van der Waals surface area contributed by atoms with E-state index in [1.165, 1.54) is 18.4 Å². The van der Waals surface area contributed by atoms with Crippen molar-refractivity contribution in [2.24, 2.45) is 0 Å². The Kier molecular flexibility index (Phi) is 3.00. The number of hydrogen-bond donors (Lipinski definition) is 2. The molecule has 6 nitrogen and oxygen atoms in total. The highest BCUT2D eigenvalue weighted by atomic mass is 32.2. The second kappa shape index (κ2) is 4.34. The van der Waals surface area contributed by atoms with E-state index in [-0.39, 0.29) is 10.7 Å². The summed E-state index contributed by atoms with van der Waals surface area (Å²) >= 11 is 0. The Bertz CT molecular complexity index is 663. The average molecular weight is 267 g/mol. The predicted octanol–water partition coefficient (Wildman–Crippen LogP) is 1.67. The summed E-state index contributed by atoms with van der Waals surface area (Å²) in [5.74, 6) is 0.134. The van der Waals surface area contributed by atoms with Crippen LogP contribution in [0.4, 0.5) is 11.5 Å². The van der Waals surface area contributed by atoms with Crippen LogP contribution in [-0.4, -0.2) is 13.6 Å². The Hall–Kier alpha value is -2.02. The van der Waals surface area contributed by atoms with Crippen molar-refractivity contribution in [3.8, 4) is 0 Å². The maximum Gasteiger partial charge on any atom is 0.263 e. The van der Waals surface area contributed by atoms with Crippen molar-refractivity contribution < 1.29 is 12.9 Å². The second-order valence-corrected chi connectivity index (χ2v) is 5.60. The molecule has 2 aromatic rings. The van der Waals surface area contributed by atoms with Crippen molar-refractivity contribution in [2.75, 3.05) is 10.5 Å². The van der Waals surface area contributed by atoms with E-state index in [0.717, 1.165) is 5.56 Å². The largest absolute Gasteiger partial charge is 0.399 e. The van der Waals surface area contributed by atoms with Gasteiger partial charge in [0.25, 0.3) is 10.0 Å². The number of rotatable bonds is 3. The predicted molar refractivity (Wildman–Crippen MR) is 67.6 cm³/mol. The minimum atomic E-state index is -3.71. The first kappa shape index (κ1) is 12.4. The van der Waals surface area contributed by atoms with Gasteiger partial charge in [0.1, 0.15) is 6.26 Å². The lowest BCUT2D eigenvalue weighted by atomic mass is 10.1. The van der Waals surface area contributed by atoms with Crippen molar-refractivity contribution in [2.45, 2.75) is 18.7 Å². The molecule has 0 aliphatic rings. The third-order valence-electron chi connectivity index (χ3n) is 2.61. The summed E-state index contributed by atoms with van der Waals surface area (Å²) in [6.45, 7) is 3.53. The smallest absolute Gasteiger partial charge is 0.263 e. The van der Waals surface area contributed by atoms with E-state index in [2.05, 4.69) is 14.4 Å². The summed E-state index contributed by atoms with van der Waals surface area (Å²) in [7, 11) is -3.71. The molecule has 96 valence electrons. The van der Waals surface area contributed by atoms with E-state index >= 15 is 0 Å². The fourth-order valence-electron chi connectivity index (χ4n) is 1.59. The van der Waals surface area contributed by atoms with Gasteiger partial charge >= 0.3 is 0 Å². The van der Waals surface area contributed by atoms with E-state index in [1.54, 1.807) is 19.9 Å². The molecule has 1 aromatic heterocycles. The molecule has 0 spiro atoms. The quantitative estimate of drug-likeness (QED) is 0.824. The van der Waals surface area contributed by atoms with Gasteiger partial charge in [0, 0.05) is 11.8 Å². The van der Waals surface area contributed by atoms with Crippen LogP contribution in [0.3, 0.4) is 0 Å². The van der Waals surface area contributed by atoms with E-state index in [0.29, 0.717) is 11.3 Å². The Morgan fingerprint density at radius 1 is 1.33 bits per heavy atom. The normalized spacial score (nSPS) is 11.4. The number of nitrogens with one attached hydrogen (secondary N) is 1. The maximum absolute atomic E-state index is 12.2. The molecule has 0 saturated carbocycles. The first-order valence-corrected chi connectivity index (χ1v) is 6.68. The van der Waals surface area contributed by atoms with Gasteiger partial charge in [-0.1, -0.05) is 5.16 Å². The highest BCUT2D eigenvalue weighted by molar-refractivity contribution is 7.92. The van der Waals surface area contributed by atoms with Crippen LogP contribution >= 0.6 is 0 Å². The average Bonchev–Trinajstić information content (AvgIpc) is 2.75. The molecule has 0 aliphatic carbocycles. The van der Waals surface area contributed by atoms with Crippen LogP contribution in [0.15, 0.2) is 33.9 Å². The lowest BCUT2D eigenvalue weighted by Crippen LogP contribution is -2.15. The number of nitrogens with two attached hydrogens (primary N) is 1. The number of hydrogen-bond acceptors (Lipinski definition) is 5. The molecule has 0 bridgehead atoms. The third kappa shape index (κ3) is 2.30. The second-order valence-electron chi connectivity index (χ2n) is 3.95. The van der Waals surface area contributed by atoms with Gasteiger partial charge in [-0.3, -0.25) is 4.72 Å². The molecule has 0 saturated heterocycles. The number of aryl methyl sites for hydroxylation is 1. The molecule has 18 heavy (non-hydrogen) atoms. The van der Waals surface area contributed by atoms with E-state index in [4.69, 9.17) is 5.73 Å². The number of anilines is 2. The zero-order valence-corrected chi connectivity index (χ0v) is 10.8. The molecule has 3 N–H and O–H groups in total. The van der Waals surface area contributed by atoms with Crippen molar-refractivity contribution in [1.29, 1.82) is 0 Å². The number of sulfonamides is 1. The minimum Gasteiger partial charge on any atom is -0.399 e. The minimum absolute atomic E-state index is 0.134. The van der Waals surface area contributed by atoms with Gasteiger partial charge in [0.15, 0.2) is 5.82 Å². The fourth-order valence-corrected chi connectivity index (χ4v) is 2.94. The first-order valence-electron chi connectivity index (χ1n) is 5.20. The summed E-state index contributed by atoms with van der Waals surface area (Å²) in [6.07, 6.45) is 1.29. The lowest BCUT2D eigenvalue weighted by Gasteiger charge is -2.11. The van der Waals surface area contributed by atoms with Crippen molar-refractivity contribution >= 4 is 21.5 Å². The maximum atomic E-state index is 12.2. The number of nitrogens with zero attached hydrogens (tertiary/aromatic N) is 1. The third-order valence-corrected chi connectivity index (χ3v) is 4.09. The SMILES string of the molecule is Cc1cc(N)cc(S(=O)(=O)Nc2ccon2)c1C. The van der Waals surface area contributed by atoms with Crippen molar-refractivity contribution in [3.63, 3.8) is 0 Å². The molecule has 0 aliphatic heterocycles. The molecule has 2 rings (SSSR count). The number of nitrogen functional groups attached to an aromatic ring is 1. The fraction of sp³-hybridized carbons (Fsp3) is 0.182. The van der Waals surface area contributed by atoms with E-state index in [9.17, 15) is 8.42 Å². The summed E-state index contributed by atoms with van der Waals surface area (Å²) in [5.41, 5.74) is 7.54. The van der Waals surface area contributed by atoms with Crippen LogP contribution in [0, 0.1) is 13.8 Å². The van der Waals surface area contributed by atoms with Crippen LogP contribution < -0.4 is 10.5 Å². The standard InChI is InChI=1S/C11H13N3O3S/c1-7-5-9(12)6-10(8(7)2)18(15,16)14-11-3-4-17-13-11/h3-6H,12H2,1-2H3,(H,13,14). The monoisotopic (exact) mass is 267 g/mol. The van der Waals surface area contributed by atoms with Gasteiger partial charge in [-0.25, -0.2) is 8.42 Å². The van der Waals surface area contributed by atoms with Gasteiger partial charge in [-0.05, 0) is 37.1 Å². The summed E-state index contributed by atoms with van der Waals surface area (Å²) in [5, 5.41) is 3.50. The Morgan fingerprint density at radius 2 is 2.06 bits per heavy atom. The van der Waals surface area contributed by atoms with Crippen molar-refractivity contribution in [1.82, 2.24) is 5.16 Å². The summed E-state index contributed by atoms with van der Waals surface area (Å²) in [6, 6.07) is 4.57. The zero-order valence-electron chi connectivity index (χ0n) is 9.97. The molecular weight excluding hydrogens is 254 g/mol. The first-order chi connectivity index (χ1) is 8.40. The van der Waals surface area contributed by atoms with Crippen LogP contribution in [0.25, 0.3) is 0 Å². The lowest BCUT2D eigenvalue weighted by molar-refractivity contribution is 0.423. The number of aromatic nitrogens is 1. The van der Waals surface area contributed by atoms with E-state index < -0.39 is 10.0 Å². The highest BCUT2D eigenvalue weighted by Gasteiger charge is 2.19. The highest BCUT2D eigenvalue weighted by Crippen LogP contribution is 2.24. The Balaban J connectivity index is 2.48. The van der Waals surface area contributed by atoms with Crippen LogP contribution in [0.1, 0.15) is 11.1 Å². The van der Waals surface area contributed by atoms with Crippen LogP contribution in [-0.2, 0) is 10.0 Å². The van der Waals surface area contributed by atoms with Gasteiger partial charge in [0.2, 0.25) is 0 Å². The van der Waals surface area contributed by atoms with Crippen LogP contribution in [0.2, 0.25) is 0 Å². The van der Waals surface area contributed by atoms with Gasteiger partial charge in [0.05, 0.1) is 4.90 Å². The van der Waals surface area contributed by atoms with Crippen molar-refractivity contribution in [3.05, 3.63) is 35.6 Å². The molecule has 1 aromatic carbocycles. The van der Waals surface area contributed by atoms with Gasteiger partial charge in [-0.2, -0.15) is 0 Å². The molecule has 0 atom stereocenters. The zero-order chi connectivity index (χ0) is 13.3. The number of benzene rings is 1.